The van der Waals surface area contributed by atoms with E-state index in [-0.39, 0.29) is 31.2 Å². The van der Waals surface area contributed by atoms with Crippen LogP contribution in [-0.4, -0.2) is 53.9 Å². The molecule has 5 heteroatoms. The number of nitrogens with two attached hydrogens (primary N) is 1. The van der Waals surface area contributed by atoms with Crippen molar-refractivity contribution in [3.63, 3.8) is 0 Å². The average Bonchev–Trinajstić information content (AvgIpc) is 2.12. The summed E-state index contributed by atoms with van der Waals surface area (Å²) >= 11 is 0. The van der Waals surface area contributed by atoms with Gasteiger partial charge in [0.25, 0.3) is 0 Å². The summed E-state index contributed by atoms with van der Waals surface area (Å²) in [7, 11) is 0. The number of carbonyl (C=O) groups is 1. The third kappa shape index (κ3) is 7.62. The maximum absolute atomic E-state index is 10.8. The molecule has 0 aromatic carbocycles. The van der Waals surface area contributed by atoms with E-state index in [2.05, 4.69) is 0 Å². The van der Waals surface area contributed by atoms with Crippen LogP contribution in [0.25, 0.3) is 0 Å². The molecular formula is C11H24N2O3. The summed E-state index contributed by atoms with van der Waals surface area (Å²) < 4.78 is 5.30. The SMILES string of the molecule is CC(C)OCC(O)CN(CC(N)=O)C(C)C. The van der Waals surface area contributed by atoms with Gasteiger partial charge < -0.3 is 15.6 Å². The number of aliphatic hydroxyl groups excluding tert-OH is 1. The molecule has 3 N–H and O–H groups in total. The van der Waals surface area contributed by atoms with Crippen LogP contribution in [0.1, 0.15) is 27.7 Å². The number of hydrogen-bond donors (Lipinski definition) is 2. The second kappa shape index (κ2) is 7.60. The molecule has 0 aliphatic rings. The van der Waals surface area contributed by atoms with Gasteiger partial charge in [-0.3, -0.25) is 9.69 Å². The zero-order valence-corrected chi connectivity index (χ0v) is 10.6. The van der Waals surface area contributed by atoms with Crippen LogP contribution in [-0.2, 0) is 9.53 Å². The van der Waals surface area contributed by atoms with E-state index in [0.29, 0.717) is 6.54 Å². The van der Waals surface area contributed by atoms with Gasteiger partial charge in [-0.15, -0.1) is 0 Å². The number of ether oxygens (including phenoxy) is 1. The molecule has 16 heavy (non-hydrogen) atoms. The van der Waals surface area contributed by atoms with Gasteiger partial charge in [-0.1, -0.05) is 0 Å². The summed E-state index contributed by atoms with van der Waals surface area (Å²) in [6, 6.07) is 0.168. The Morgan fingerprint density at radius 3 is 2.31 bits per heavy atom. The van der Waals surface area contributed by atoms with E-state index in [4.69, 9.17) is 10.5 Å². The number of carbonyl (C=O) groups excluding carboxylic acids is 1. The number of rotatable bonds is 8. The second-order valence-corrected chi connectivity index (χ2v) is 4.53. The molecule has 0 aliphatic heterocycles. The minimum Gasteiger partial charge on any atom is -0.389 e. The Balaban J connectivity index is 4.02. The molecule has 0 radical (unpaired) electrons. The summed E-state index contributed by atoms with van der Waals surface area (Å²) in [6.45, 7) is 8.58. The van der Waals surface area contributed by atoms with Gasteiger partial charge in [-0.05, 0) is 27.7 Å². The van der Waals surface area contributed by atoms with Gasteiger partial charge in [0.15, 0.2) is 0 Å². The van der Waals surface area contributed by atoms with Crippen LogP contribution in [0.5, 0.6) is 0 Å². The highest BCUT2D eigenvalue weighted by Gasteiger charge is 2.16. The highest BCUT2D eigenvalue weighted by Crippen LogP contribution is 2.01. The van der Waals surface area contributed by atoms with E-state index in [1.165, 1.54) is 0 Å². The van der Waals surface area contributed by atoms with Crippen LogP contribution in [0.15, 0.2) is 0 Å². The maximum Gasteiger partial charge on any atom is 0.231 e. The molecule has 0 bridgehead atoms. The quantitative estimate of drug-likeness (QED) is 0.616. The summed E-state index contributed by atoms with van der Waals surface area (Å²) in [5, 5.41) is 9.71. The molecule has 5 nitrogen and oxygen atoms in total. The second-order valence-electron chi connectivity index (χ2n) is 4.53. The highest BCUT2D eigenvalue weighted by atomic mass is 16.5. The minimum absolute atomic E-state index is 0.0956. The van der Waals surface area contributed by atoms with Crippen LogP contribution < -0.4 is 5.73 Å². The smallest absolute Gasteiger partial charge is 0.231 e. The van der Waals surface area contributed by atoms with Gasteiger partial charge in [-0.2, -0.15) is 0 Å². The lowest BCUT2D eigenvalue weighted by atomic mass is 10.2. The lowest BCUT2D eigenvalue weighted by molar-refractivity contribution is -0.120. The van der Waals surface area contributed by atoms with E-state index in [0.717, 1.165) is 0 Å². The number of nitrogens with zero attached hydrogens (tertiary/aromatic N) is 1. The molecule has 0 rings (SSSR count). The summed E-state index contributed by atoms with van der Waals surface area (Å²) in [5.74, 6) is -0.384. The van der Waals surface area contributed by atoms with Gasteiger partial charge in [0, 0.05) is 12.6 Å². The molecule has 96 valence electrons. The van der Waals surface area contributed by atoms with E-state index >= 15 is 0 Å². The molecule has 1 unspecified atom stereocenters. The van der Waals surface area contributed by atoms with E-state index in [9.17, 15) is 9.90 Å². The first-order valence-electron chi connectivity index (χ1n) is 5.65. The zero-order valence-electron chi connectivity index (χ0n) is 10.6. The molecule has 0 saturated heterocycles. The topological polar surface area (TPSA) is 75.8 Å². The lowest BCUT2D eigenvalue weighted by Crippen LogP contribution is -2.44. The standard InChI is InChI=1S/C11H24N2O3/c1-8(2)13(6-11(12)15)5-10(14)7-16-9(3)4/h8-10,14H,5-7H2,1-4H3,(H2,12,15). The minimum atomic E-state index is -0.593. The van der Waals surface area contributed by atoms with Crippen molar-refractivity contribution in [3.05, 3.63) is 0 Å². The van der Waals surface area contributed by atoms with E-state index in [1.807, 2.05) is 32.6 Å². The lowest BCUT2D eigenvalue weighted by Gasteiger charge is -2.27. The Morgan fingerprint density at radius 2 is 1.94 bits per heavy atom. The molecule has 0 aliphatic carbocycles. The Labute approximate surface area is 97.6 Å². The first-order chi connectivity index (χ1) is 7.32. The molecule has 0 heterocycles. The molecule has 1 amide bonds. The van der Waals surface area contributed by atoms with Crippen molar-refractivity contribution in [2.24, 2.45) is 5.73 Å². The van der Waals surface area contributed by atoms with Crippen LogP contribution >= 0.6 is 0 Å². The van der Waals surface area contributed by atoms with Gasteiger partial charge in [0.05, 0.1) is 25.4 Å². The predicted octanol–water partition coefficient (Wildman–Crippen LogP) is -0.0320. The Kier molecular flexibility index (Phi) is 7.29. The third-order valence-electron chi connectivity index (χ3n) is 2.16. The van der Waals surface area contributed by atoms with Crippen molar-refractivity contribution in [1.82, 2.24) is 4.90 Å². The average molecular weight is 232 g/mol. The van der Waals surface area contributed by atoms with Crippen LogP contribution in [0, 0.1) is 0 Å². The van der Waals surface area contributed by atoms with E-state index < -0.39 is 6.10 Å². The third-order valence-corrected chi connectivity index (χ3v) is 2.16. The zero-order chi connectivity index (χ0) is 12.7. The van der Waals surface area contributed by atoms with Gasteiger partial charge in [0.2, 0.25) is 5.91 Å². The molecule has 0 fully saturated rings. The molecule has 0 spiro atoms. The van der Waals surface area contributed by atoms with Gasteiger partial charge in [0.1, 0.15) is 0 Å². The van der Waals surface area contributed by atoms with Gasteiger partial charge >= 0.3 is 0 Å². The summed E-state index contributed by atoms with van der Waals surface area (Å²) in [4.78, 5) is 12.7. The first-order valence-corrected chi connectivity index (χ1v) is 5.65. The number of hydrogen-bond acceptors (Lipinski definition) is 4. The molecule has 1 atom stereocenters. The van der Waals surface area contributed by atoms with Crippen LogP contribution in [0.4, 0.5) is 0 Å². The fourth-order valence-corrected chi connectivity index (χ4v) is 1.29. The van der Waals surface area contributed by atoms with Crippen LogP contribution in [0.3, 0.4) is 0 Å². The largest absolute Gasteiger partial charge is 0.389 e. The van der Waals surface area contributed by atoms with Crippen molar-refractivity contribution in [2.45, 2.75) is 45.9 Å². The fourth-order valence-electron chi connectivity index (χ4n) is 1.29. The number of primary amides is 1. The first kappa shape index (κ1) is 15.3. The summed E-state index contributed by atoms with van der Waals surface area (Å²) in [6.07, 6.45) is -0.498. The number of amides is 1. The fraction of sp³-hybridized carbons (Fsp3) is 0.909. The van der Waals surface area contributed by atoms with Crippen molar-refractivity contribution in [3.8, 4) is 0 Å². The van der Waals surface area contributed by atoms with Crippen LogP contribution in [0.2, 0.25) is 0 Å². The van der Waals surface area contributed by atoms with Crippen molar-refractivity contribution < 1.29 is 14.6 Å². The summed E-state index contributed by atoms with van der Waals surface area (Å²) in [5.41, 5.74) is 5.14. The highest BCUT2D eigenvalue weighted by molar-refractivity contribution is 5.75. The van der Waals surface area contributed by atoms with Crippen molar-refractivity contribution >= 4 is 5.91 Å². The predicted molar refractivity (Wildman–Crippen MR) is 63.0 cm³/mol. The van der Waals surface area contributed by atoms with Crippen molar-refractivity contribution in [2.75, 3.05) is 19.7 Å². The maximum atomic E-state index is 10.8. The Bertz CT molecular complexity index is 207. The monoisotopic (exact) mass is 232 g/mol. The molecular weight excluding hydrogens is 208 g/mol. The normalized spacial score (nSPS) is 13.8. The van der Waals surface area contributed by atoms with Crippen molar-refractivity contribution in [1.29, 1.82) is 0 Å². The Morgan fingerprint density at radius 1 is 1.38 bits per heavy atom. The molecule has 0 aromatic heterocycles. The Hall–Kier alpha value is -0.650. The van der Waals surface area contributed by atoms with Gasteiger partial charge in [-0.25, -0.2) is 0 Å². The molecule has 0 saturated carbocycles. The van der Waals surface area contributed by atoms with E-state index in [1.54, 1.807) is 0 Å². The molecule has 0 aromatic rings. The number of aliphatic hydroxyl groups is 1.